The van der Waals surface area contributed by atoms with Gasteiger partial charge >= 0.3 is 0 Å². The Hall–Kier alpha value is -6.21. The van der Waals surface area contributed by atoms with E-state index in [-0.39, 0.29) is 17.6 Å². The van der Waals surface area contributed by atoms with Gasteiger partial charge in [-0.15, -0.1) is 0 Å². The van der Waals surface area contributed by atoms with Crippen LogP contribution in [0.25, 0.3) is 21.5 Å². The minimum Gasteiger partial charge on any atom is -0.297 e. The predicted molar refractivity (Wildman–Crippen MR) is 228 cm³/mol. The fourth-order valence-corrected chi connectivity index (χ4v) is 12.3. The number of carbonyl (C=O) groups excluding carboxylic acids is 3. The number of benzene rings is 8. The molecule has 8 aromatic rings. The number of para-hydroxylation sites is 1. The van der Waals surface area contributed by atoms with E-state index in [4.69, 9.17) is 0 Å². The van der Waals surface area contributed by atoms with E-state index in [2.05, 4.69) is 24.3 Å². The van der Waals surface area contributed by atoms with Crippen LogP contribution in [-0.2, 0) is 25.2 Å². The van der Waals surface area contributed by atoms with Crippen LogP contribution >= 0.6 is 23.5 Å². The van der Waals surface area contributed by atoms with Crippen molar-refractivity contribution in [1.29, 1.82) is 0 Å². The fourth-order valence-electron chi connectivity index (χ4n) is 10.3. The summed E-state index contributed by atoms with van der Waals surface area (Å²) >= 11 is 3.06. The van der Waals surface area contributed by atoms with Gasteiger partial charge in [0.05, 0.1) is 28.4 Å². The molecule has 57 heavy (non-hydrogen) atoms. The lowest BCUT2D eigenvalue weighted by molar-refractivity contribution is -0.130. The van der Waals surface area contributed by atoms with Gasteiger partial charge < -0.3 is 0 Å². The minimum absolute atomic E-state index is 0.105. The van der Waals surface area contributed by atoms with Crippen LogP contribution in [-0.4, -0.2) is 17.6 Å². The van der Waals surface area contributed by atoms with Crippen molar-refractivity contribution in [2.45, 2.75) is 30.4 Å². The van der Waals surface area contributed by atoms with Gasteiger partial charge in [-0.25, -0.2) is 4.90 Å². The predicted octanol–water partition coefficient (Wildman–Crippen LogP) is 11.3. The smallest absolute Gasteiger partial charge is 0.239 e. The Kier molecular flexibility index (Phi) is 7.72. The van der Waals surface area contributed by atoms with E-state index in [9.17, 15) is 0 Å². The third-order valence-electron chi connectivity index (χ3n) is 12.3. The Morgan fingerprint density at radius 3 is 1.14 bits per heavy atom. The Morgan fingerprint density at radius 2 is 0.737 bits per heavy atom. The van der Waals surface area contributed by atoms with Gasteiger partial charge in [0.1, 0.15) is 0 Å². The van der Waals surface area contributed by atoms with Gasteiger partial charge in [0.15, 0.2) is 5.78 Å². The van der Waals surface area contributed by atoms with E-state index in [0.29, 0.717) is 5.69 Å². The molecule has 0 N–H and O–H groups in total. The quantitative estimate of drug-likeness (QED) is 0.119. The van der Waals surface area contributed by atoms with Crippen molar-refractivity contribution in [3.63, 3.8) is 0 Å². The van der Waals surface area contributed by atoms with Crippen LogP contribution < -0.4 is 4.90 Å². The normalized spacial score (nSPS) is 22.0. The number of imide groups is 1. The number of amides is 2. The Labute approximate surface area is 338 Å². The maximum absolute atomic E-state index is 16.4. The molecule has 6 heteroatoms. The first-order valence-corrected chi connectivity index (χ1v) is 20.8. The van der Waals surface area contributed by atoms with E-state index in [1.807, 2.05) is 164 Å². The highest BCUT2D eigenvalue weighted by Crippen LogP contribution is 2.73. The number of Topliss-reactive ketones (excluding diaryl/α,β-unsaturated/α-hetero) is 1. The van der Waals surface area contributed by atoms with Crippen LogP contribution in [0.5, 0.6) is 0 Å². The molecular formula is C51H33NO3S2. The van der Waals surface area contributed by atoms with Crippen molar-refractivity contribution >= 4 is 68.4 Å². The molecule has 1 saturated heterocycles. The van der Waals surface area contributed by atoms with Gasteiger partial charge in [-0.2, -0.15) is 0 Å². The molecule has 2 aliphatic carbocycles. The first kappa shape index (κ1) is 34.1. The monoisotopic (exact) mass is 771 g/mol. The van der Waals surface area contributed by atoms with Crippen molar-refractivity contribution in [3.8, 4) is 0 Å². The summed E-state index contributed by atoms with van der Waals surface area (Å²) in [6, 6.07) is 62.1. The molecule has 2 bridgehead atoms. The van der Waals surface area contributed by atoms with Gasteiger partial charge in [-0.1, -0.05) is 175 Å². The van der Waals surface area contributed by atoms with Crippen molar-refractivity contribution < 1.29 is 14.4 Å². The molecular weight excluding hydrogens is 739 g/mol. The van der Waals surface area contributed by atoms with E-state index in [1.54, 1.807) is 0 Å². The summed E-state index contributed by atoms with van der Waals surface area (Å²) in [6.07, 6.45) is 0. The molecule has 272 valence electrons. The minimum atomic E-state index is -1.45. The first-order chi connectivity index (χ1) is 28.1. The molecule has 4 nitrogen and oxygen atoms in total. The molecule has 2 amide bonds. The van der Waals surface area contributed by atoms with Crippen molar-refractivity contribution in [3.05, 3.63) is 210 Å². The zero-order chi connectivity index (χ0) is 38.3. The van der Waals surface area contributed by atoms with E-state index in [1.165, 1.54) is 28.4 Å². The van der Waals surface area contributed by atoms with Crippen LogP contribution in [0.1, 0.15) is 22.3 Å². The van der Waals surface area contributed by atoms with Crippen LogP contribution in [0, 0.1) is 11.8 Å². The molecule has 1 aliphatic heterocycles. The second-order valence-electron chi connectivity index (χ2n) is 14.9. The van der Waals surface area contributed by atoms with Gasteiger partial charge in [0.25, 0.3) is 0 Å². The number of carbonyl (C=O) groups is 3. The summed E-state index contributed by atoms with van der Waals surface area (Å²) in [7, 11) is 0. The fraction of sp³-hybridized carbons (Fsp3) is 0.0784. The molecule has 8 aromatic carbocycles. The maximum Gasteiger partial charge on any atom is 0.239 e. The standard InChI is InChI=1S/C51H33NO3S2/c53-47-44-45(48(54)52(47)46-40(56-34-22-9-3-10-23-34)30-17-31-41(46)57-35-24-11-4-12-25-35)51(33-20-7-2-8-21-33)43-39-29-16-14-27-37(39)36-26-13-15-28-38(36)42(43)50(44,49(51)55)32-18-5-1-6-19-32/h1-31,44-45H/t44-,45+,50+,51-. The Balaban J connectivity index is 1.25. The Morgan fingerprint density at radius 1 is 0.386 bits per heavy atom. The molecule has 0 aromatic heterocycles. The number of anilines is 1. The van der Waals surface area contributed by atoms with Gasteiger partial charge in [-0.3, -0.25) is 14.4 Å². The van der Waals surface area contributed by atoms with E-state index in [0.717, 1.165) is 63.4 Å². The number of nitrogens with zero attached hydrogens (tertiary/aromatic N) is 1. The Bertz CT molecular complexity index is 2740. The average molecular weight is 772 g/mol. The van der Waals surface area contributed by atoms with Crippen molar-refractivity contribution in [1.82, 2.24) is 0 Å². The third-order valence-corrected chi connectivity index (χ3v) is 14.4. The summed E-state index contributed by atoms with van der Waals surface area (Å²) in [5.74, 6) is -2.80. The maximum atomic E-state index is 16.4. The second-order valence-corrected chi connectivity index (χ2v) is 17.1. The summed E-state index contributed by atoms with van der Waals surface area (Å²) in [5, 5.41) is 3.89. The van der Waals surface area contributed by atoms with Crippen molar-refractivity contribution in [2.75, 3.05) is 4.90 Å². The molecule has 1 saturated carbocycles. The molecule has 0 unspecified atom stereocenters. The summed E-state index contributed by atoms with van der Waals surface area (Å²) < 4.78 is 0. The molecule has 4 atom stereocenters. The molecule has 0 spiro atoms. The number of ketones is 1. The van der Waals surface area contributed by atoms with Crippen LogP contribution in [0.3, 0.4) is 0 Å². The third kappa shape index (κ3) is 4.57. The highest BCUT2D eigenvalue weighted by molar-refractivity contribution is 8.00. The van der Waals surface area contributed by atoms with Crippen LogP contribution in [0.15, 0.2) is 208 Å². The zero-order valence-corrected chi connectivity index (χ0v) is 32.2. The molecule has 2 fully saturated rings. The topological polar surface area (TPSA) is 54.5 Å². The van der Waals surface area contributed by atoms with Crippen LogP contribution in [0.4, 0.5) is 5.69 Å². The number of hydrogen-bond donors (Lipinski definition) is 0. The van der Waals surface area contributed by atoms with Gasteiger partial charge in [0, 0.05) is 19.6 Å². The zero-order valence-electron chi connectivity index (χ0n) is 30.5. The van der Waals surface area contributed by atoms with Gasteiger partial charge in [0.2, 0.25) is 11.8 Å². The summed E-state index contributed by atoms with van der Waals surface area (Å²) in [5.41, 5.74) is 0.805. The molecule has 3 aliphatic rings. The van der Waals surface area contributed by atoms with E-state index >= 15 is 14.4 Å². The molecule has 1 heterocycles. The highest BCUT2D eigenvalue weighted by Gasteiger charge is 2.82. The lowest BCUT2D eigenvalue weighted by Gasteiger charge is -2.38. The largest absolute Gasteiger partial charge is 0.297 e. The lowest BCUT2D eigenvalue weighted by atomic mass is 9.59. The number of rotatable bonds is 7. The SMILES string of the molecule is O=C1[C@@H]2[C@H](C(=O)N1c1c(Sc3ccccc3)cccc1Sc1ccccc1)[C@@]1(c3ccccc3)C(=O)[C@]2(c2ccccc2)c2c1c1ccccc1c1ccccc21. The average Bonchev–Trinajstić information content (AvgIpc) is 3.77. The van der Waals surface area contributed by atoms with Gasteiger partial charge in [-0.05, 0) is 80.2 Å². The lowest BCUT2D eigenvalue weighted by Crippen LogP contribution is -2.45. The second kappa shape index (κ2) is 12.9. The highest BCUT2D eigenvalue weighted by atomic mass is 32.2. The number of hydrogen-bond acceptors (Lipinski definition) is 5. The first-order valence-electron chi connectivity index (χ1n) is 19.1. The van der Waals surface area contributed by atoms with E-state index < -0.39 is 22.7 Å². The molecule has 0 radical (unpaired) electrons. The van der Waals surface area contributed by atoms with Crippen LogP contribution in [0.2, 0.25) is 0 Å². The van der Waals surface area contributed by atoms with Crippen molar-refractivity contribution in [2.24, 2.45) is 11.8 Å². The summed E-state index contributed by atoms with van der Waals surface area (Å²) in [4.78, 5) is 53.5. The summed E-state index contributed by atoms with van der Waals surface area (Å²) in [6.45, 7) is 0. The number of fused-ring (bicyclic) bond motifs is 13. The molecule has 11 rings (SSSR count).